The van der Waals surface area contributed by atoms with Crippen molar-refractivity contribution in [1.29, 1.82) is 0 Å². The molecule has 3 aromatic carbocycles. The number of hydrogen-bond acceptors (Lipinski definition) is 5. The second-order valence-electron chi connectivity index (χ2n) is 8.17. The Bertz CT molecular complexity index is 1320. The van der Waals surface area contributed by atoms with Crippen LogP contribution in [0, 0.1) is 5.82 Å². The quantitative estimate of drug-likeness (QED) is 0.530. The maximum absolute atomic E-state index is 14.7. The van der Waals surface area contributed by atoms with E-state index in [1.54, 1.807) is 19.2 Å². The van der Waals surface area contributed by atoms with Crippen LogP contribution in [0.15, 0.2) is 71.6 Å². The van der Waals surface area contributed by atoms with Crippen LogP contribution in [0.2, 0.25) is 0 Å². The van der Waals surface area contributed by atoms with Gasteiger partial charge in [-0.05, 0) is 48.4 Å². The topological polar surface area (TPSA) is 79.0 Å². The minimum atomic E-state index is -4.14. The van der Waals surface area contributed by atoms with E-state index in [0.29, 0.717) is 24.5 Å². The number of nitrogens with one attached hydrogen (secondary N) is 1. The number of carbonyl (C=O) groups is 1. The van der Waals surface area contributed by atoms with E-state index in [4.69, 9.17) is 4.74 Å². The lowest BCUT2D eigenvalue weighted by Gasteiger charge is -2.36. The number of rotatable bonds is 7. The number of para-hydroxylation sites is 3. The van der Waals surface area contributed by atoms with Crippen LogP contribution < -0.4 is 15.0 Å². The molecule has 0 bridgehead atoms. The van der Waals surface area contributed by atoms with Crippen molar-refractivity contribution in [1.82, 2.24) is 4.31 Å². The molecule has 3 aromatic rings. The molecule has 0 unspecified atom stereocenters. The normalized spacial score (nSPS) is 14.5. The highest BCUT2D eigenvalue weighted by molar-refractivity contribution is 7.89. The monoisotopic (exact) mass is 497 g/mol. The molecule has 1 amide bonds. The molecule has 1 aliphatic rings. The van der Waals surface area contributed by atoms with Crippen LogP contribution in [-0.2, 0) is 16.4 Å². The number of anilines is 2. The molecular formula is C26H28FN3O4S. The number of methoxy groups -OCH3 is 1. The third-order valence-electron chi connectivity index (χ3n) is 6.12. The highest BCUT2D eigenvalue weighted by atomic mass is 32.2. The highest BCUT2D eigenvalue weighted by Gasteiger charge is 2.32. The fourth-order valence-corrected chi connectivity index (χ4v) is 5.70. The van der Waals surface area contributed by atoms with Gasteiger partial charge in [-0.15, -0.1) is 0 Å². The van der Waals surface area contributed by atoms with E-state index in [1.165, 1.54) is 10.4 Å². The van der Waals surface area contributed by atoms with Gasteiger partial charge in [-0.1, -0.05) is 37.3 Å². The van der Waals surface area contributed by atoms with Crippen LogP contribution in [0.1, 0.15) is 22.8 Å². The average molecular weight is 498 g/mol. The lowest BCUT2D eigenvalue weighted by molar-refractivity contribution is 0.102. The van der Waals surface area contributed by atoms with E-state index in [0.717, 1.165) is 29.8 Å². The first-order valence-corrected chi connectivity index (χ1v) is 12.9. The summed E-state index contributed by atoms with van der Waals surface area (Å²) in [5, 5.41) is 2.80. The number of carbonyl (C=O) groups excluding carboxylic acids is 1. The van der Waals surface area contributed by atoms with Crippen molar-refractivity contribution >= 4 is 27.3 Å². The third kappa shape index (κ3) is 5.16. The summed E-state index contributed by atoms with van der Waals surface area (Å²) in [7, 11) is -2.55. The molecule has 0 atom stereocenters. The van der Waals surface area contributed by atoms with Gasteiger partial charge in [0.25, 0.3) is 5.91 Å². The third-order valence-corrected chi connectivity index (χ3v) is 8.04. The second kappa shape index (κ2) is 10.5. The van der Waals surface area contributed by atoms with E-state index in [9.17, 15) is 17.6 Å². The van der Waals surface area contributed by atoms with Gasteiger partial charge in [0, 0.05) is 37.4 Å². The smallest absolute Gasteiger partial charge is 0.255 e. The van der Waals surface area contributed by atoms with E-state index >= 15 is 0 Å². The summed E-state index contributed by atoms with van der Waals surface area (Å²) in [4.78, 5) is 14.4. The van der Waals surface area contributed by atoms with Crippen LogP contribution in [0.25, 0.3) is 0 Å². The van der Waals surface area contributed by atoms with Crippen LogP contribution in [0.5, 0.6) is 5.75 Å². The van der Waals surface area contributed by atoms with Crippen molar-refractivity contribution in [3.8, 4) is 5.75 Å². The van der Waals surface area contributed by atoms with Gasteiger partial charge in [0.1, 0.15) is 16.5 Å². The Balaban J connectivity index is 1.52. The zero-order valence-electron chi connectivity index (χ0n) is 19.7. The summed E-state index contributed by atoms with van der Waals surface area (Å²) in [6.45, 7) is 3.19. The molecule has 0 spiro atoms. The molecule has 4 rings (SSSR count). The molecule has 1 saturated heterocycles. The SMILES string of the molecule is CCc1ccccc1NC(=O)c1ccc(F)c(S(=O)(=O)N2CCN(c3ccccc3OC)CC2)c1. The van der Waals surface area contributed by atoms with Crippen LogP contribution in [0.4, 0.5) is 15.8 Å². The van der Waals surface area contributed by atoms with Crippen molar-refractivity contribution in [3.05, 3.63) is 83.7 Å². The van der Waals surface area contributed by atoms with Crippen molar-refractivity contribution in [3.63, 3.8) is 0 Å². The number of nitrogens with zero attached hydrogens (tertiary/aromatic N) is 2. The second-order valence-corrected chi connectivity index (χ2v) is 10.1. The minimum absolute atomic E-state index is 0.0727. The largest absolute Gasteiger partial charge is 0.495 e. The number of hydrogen-bond donors (Lipinski definition) is 1. The van der Waals surface area contributed by atoms with Gasteiger partial charge in [0.15, 0.2) is 0 Å². The Labute approximate surface area is 205 Å². The summed E-state index contributed by atoms with van der Waals surface area (Å²) in [5.41, 5.74) is 2.54. The highest BCUT2D eigenvalue weighted by Crippen LogP contribution is 2.30. The van der Waals surface area contributed by atoms with Gasteiger partial charge in [-0.2, -0.15) is 4.31 Å². The number of amides is 1. The van der Waals surface area contributed by atoms with Gasteiger partial charge in [-0.25, -0.2) is 12.8 Å². The molecule has 1 fully saturated rings. The van der Waals surface area contributed by atoms with E-state index in [2.05, 4.69) is 5.32 Å². The van der Waals surface area contributed by atoms with Crippen LogP contribution in [-0.4, -0.2) is 51.9 Å². The first kappa shape index (κ1) is 24.7. The molecule has 9 heteroatoms. The Kier molecular flexibility index (Phi) is 7.37. The fraction of sp³-hybridized carbons (Fsp3) is 0.269. The number of halogens is 1. The zero-order valence-corrected chi connectivity index (χ0v) is 20.5. The predicted octanol–water partition coefficient (Wildman–Crippen LogP) is 4.16. The number of piperazine rings is 1. The van der Waals surface area contributed by atoms with Crippen molar-refractivity contribution in [2.45, 2.75) is 18.2 Å². The standard InChI is InChI=1S/C26H28FN3O4S/c1-3-19-8-4-5-9-22(19)28-26(31)20-12-13-21(27)25(18-20)35(32,33)30-16-14-29(15-17-30)23-10-6-7-11-24(23)34-2/h4-13,18H,3,14-17H2,1-2H3,(H,28,31). The Morgan fingerprint density at radius 3 is 2.40 bits per heavy atom. The number of benzene rings is 3. The van der Waals surface area contributed by atoms with Crippen LogP contribution >= 0.6 is 0 Å². The zero-order chi connectivity index (χ0) is 25.0. The molecule has 0 radical (unpaired) electrons. The summed E-state index contributed by atoms with van der Waals surface area (Å²) in [6.07, 6.45) is 0.723. The summed E-state index contributed by atoms with van der Waals surface area (Å²) in [5.74, 6) is -0.677. The average Bonchev–Trinajstić information content (AvgIpc) is 2.89. The number of aryl methyl sites for hydroxylation is 1. The Morgan fingerprint density at radius 2 is 1.69 bits per heavy atom. The van der Waals surface area contributed by atoms with E-state index in [1.807, 2.05) is 48.2 Å². The fourth-order valence-electron chi connectivity index (χ4n) is 4.19. The van der Waals surface area contributed by atoms with E-state index < -0.39 is 26.6 Å². The number of ether oxygens (including phenoxy) is 1. The van der Waals surface area contributed by atoms with Gasteiger partial charge in [0.05, 0.1) is 12.8 Å². The Hall–Kier alpha value is -3.43. The molecule has 1 N–H and O–H groups in total. The summed E-state index contributed by atoms with van der Waals surface area (Å²) < 4.78 is 48.0. The lowest BCUT2D eigenvalue weighted by Crippen LogP contribution is -2.48. The molecule has 35 heavy (non-hydrogen) atoms. The Morgan fingerprint density at radius 1 is 1.00 bits per heavy atom. The number of sulfonamides is 1. The molecular weight excluding hydrogens is 469 g/mol. The first-order chi connectivity index (χ1) is 16.8. The summed E-state index contributed by atoms with van der Waals surface area (Å²) in [6, 6.07) is 18.3. The molecule has 0 aromatic heterocycles. The first-order valence-electron chi connectivity index (χ1n) is 11.4. The van der Waals surface area contributed by atoms with Gasteiger partial charge < -0.3 is 15.0 Å². The van der Waals surface area contributed by atoms with Gasteiger partial charge in [-0.3, -0.25) is 4.79 Å². The molecule has 0 aliphatic carbocycles. The van der Waals surface area contributed by atoms with Gasteiger partial charge in [0.2, 0.25) is 10.0 Å². The van der Waals surface area contributed by atoms with Crippen LogP contribution in [0.3, 0.4) is 0 Å². The van der Waals surface area contributed by atoms with Crippen molar-refractivity contribution < 1.29 is 22.3 Å². The van der Waals surface area contributed by atoms with Gasteiger partial charge >= 0.3 is 0 Å². The molecule has 1 aliphatic heterocycles. The van der Waals surface area contributed by atoms with Crippen molar-refractivity contribution in [2.75, 3.05) is 43.5 Å². The lowest BCUT2D eigenvalue weighted by atomic mass is 10.1. The maximum atomic E-state index is 14.7. The molecule has 0 saturated carbocycles. The summed E-state index contributed by atoms with van der Waals surface area (Å²) >= 11 is 0. The molecule has 7 nitrogen and oxygen atoms in total. The van der Waals surface area contributed by atoms with E-state index in [-0.39, 0.29) is 18.7 Å². The predicted molar refractivity (Wildman–Crippen MR) is 134 cm³/mol. The molecule has 184 valence electrons. The molecule has 1 heterocycles. The van der Waals surface area contributed by atoms with Crippen molar-refractivity contribution in [2.24, 2.45) is 0 Å². The minimum Gasteiger partial charge on any atom is -0.495 e. The maximum Gasteiger partial charge on any atom is 0.255 e.